The number of aromatic nitrogens is 1. The van der Waals surface area contributed by atoms with Crippen LogP contribution in [0.4, 0.5) is 5.69 Å². The van der Waals surface area contributed by atoms with Crippen molar-refractivity contribution >= 4 is 5.69 Å². The molecule has 1 aromatic heterocycles. The molecular weight excluding hydrogens is 228 g/mol. The zero-order valence-electron chi connectivity index (χ0n) is 11.2. The molecule has 1 heterocycles. The lowest BCUT2D eigenvalue weighted by atomic mass is 10.1. The first-order valence-corrected chi connectivity index (χ1v) is 6.57. The number of ether oxygens (including phenoxy) is 1. The van der Waals surface area contributed by atoms with Crippen molar-refractivity contribution in [3.63, 3.8) is 0 Å². The zero-order valence-corrected chi connectivity index (χ0v) is 11.2. The molecule has 18 heavy (non-hydrogen) atoms. The zero-order chi connectivity index (χ0) is 13.0. The van der Waals surface area contributed by atoms with Gasteiger partial charge in [0.15, 0.2) is 0 Å². The standard InChI is InChI=1S/C14H22N2O2/c1-11(12-3-4-12)16(7-8-18-2)14-5-6-15-13(9-14)10-17/h5-6,9,11-12,17H,3-4,7-8,10H2,1-2H3. The van der Waals surface area contributed by atoms with Crippen LogP contribution in [0.5, 0.6) is 0 Å². The summed E-state index contributed by atoms with van der Waals surface area (Å²) in [5.41, 5.74) is 1.85. The molecule has 1 unspecified atom stereocenters. The molecule has 2 rings (SSSR count). The Bertz CT molecular complexity index is 380. The van der Waals surface area contributed by atoms with E-state index in [1.807, 2.05) is 12.1 Å². The Balaban J connectivity index is 2.14. The Labute approximate surface area is 109 Å². The highest BCUT2D eigenvalue weighted by Crippen LogP contribution is 2.36. The van der Waals surface area contributed by atoms with Crippen molar-refractivity contribution in [2.75, 3.05) is 25.2 Å². The Kier molecular flexibility index (Phi) is 4.55. The maximum atomic E-state index is 9.17. The van der Waals surface area contributed by atoms with E-state index in [1.165, 1.54) is 12.8 Å². The number of anilines is 1. The van der Waals surface area contributed by atoms with Crippen molar-refractivity contribution in [1.82, 2.24) is 4.98 Å². The fourth-order valence-electron chi connectivity index (χ4n) is 2.32. The van der Waals surface area contributed by atoms with Crippen LogP contribution in [0.15, 0.2) is 18.3 Å². The van der Waals surface area contributed by atoms with E-state index >= 15 is 0 Å². The largest absolute Gasteiger partial charge is 0.390 e. The second-order valence-corrected chi connectivity index (χ2v) is 4.93. The second-order valence-electron chi connectivity index (χ2n) is 4.93. The van der Waals surface area contributed by atoms with Gasteiger partial charge in [-0.05, 0) is 37.8 Å². The molecule has 0 spiro atoms. The van der Waals surface area contributed by atoms with Crippen LogP contribution in [0.25, 0.3) is 0 Å². The summed E-state index contributed by atoms with van der Waals surface area (Å²) in [6.45, 7) is 3.85. The third-order valence-electron chi connectivity index (χ3n) is 3.63. The molecule has 1 aromatic rings. The summed E-state index contributed by atoms with van der Waals surface area (Å²) in [5.74, 6) is 0.799. The molecule has 0 radical (unpaired) electrons. The summed E-state index contributed by atoms with van der Waals surface area (Å²) < 4.78 is 5.19. The molecule has 0 aromatic carbocycles. The van der Waals surface area contributed by atoms with Crippen LogP contribution in [0.3, 0.4) is 0 Å². The van der Waals surface area contributed by atoms with Gasteiger partial charge >= 0.3 is 0 Å². The van der Waals surface area contributed by atoms with Gasteiger partial charge in [-0.2, -0.15) is 0 Å². The highest BCUT2D eigenvalue weighted by molar-refractivity contribution is 5.47. The van der Waals surface area contributed by atoms with Crippen LogP contribution >= 0.6 is 0 Å². The van der Waals surface area contributed by atoms with E-state index in [-0.39, 0.29) is 6.61 Å². The van der Waals surface area contributed by atoms with Gasteiger partial charge in [0.25, 0.3) is 0 Å². The first-order valence-electron chi connectivity index (χ1n) is 6.57. The lowest BCUT2D eigenvalue weighted by molar-refractivity contribution is 0.202. The van der Waals surface area contributed by atoms with Crippen LogP contribution in [-0.2, 0) is 11.3 Å². The van der Waals surface area contributed by atoms with Gasteiger partial charge in [-0.15, -0.1) is 0 Å². The Morgan fingerprint density at radius 3 is 2.94 bits per heavy atom. The molecule has 0 bridgehead atoms. The van der Waals surface area contributed by atoms with E-state index in [4.69, 9.17) is 4.74 Å². The lowest BCUT2D eigenvalue weighted by Gasteiger charge is -2.31. The molecule has 0 aliphatic heterocycles. The maximum absolute atomic E-state index is 9.17. The van der Waals surface area contributed by atoms with Crippen molar-refractivity contribution in [1.29, 1.82) is 0 Å². The number of hydrogen-bond acceptors (Lipinski definition) is 4. The van der Waals surface area contributed by atoms with Crippen LogP contribution in [-0.4, -0.2) is 36.4 Å². The van der Waals surface area contributed by atoms with E-state index in [2.05, 4.69) is 16.8 Å². The van der Waals surface area contributed by atoms with E-state index in [1.54, 1.807) is 13.3 Å². The van der Waals surface area contributed by atoms with Gasteiger partial charge in [0, 0.05) is 31.6 Å². The minimum Gasteiger partial charge on any atom is -0.390 e. The summed E-state index contributed by atoms with van der Waals surface area (Å²) in [6.07, 6.45) is 4.41. The van der Waals surface area contributed by atoms with Crippen molar-refractivity contribution in [2.24, 2.45) is 5.92 Å². The topological polar surface area (TPSA) is 45.6 Å². The van der Waals surface area contributed by atoms with Crippen molar-refractivity contribution < 1.29 is 9.84 Å². The molecule has 0 saturated heterocycles. The van der Waals surface area contributed by atoms with Gasteiger partial charge in [-0.3, -0.25) is 4.98 Å². The quantitative estimate of drug-likeness (QED) is 0.802. The van der Waals surface area contributed by atoms with Crippen molar-refractivity contribution in [3.05, 3.63) is 24.0 Å². The predicted octanol–water partition coefficient (Wildman–Crippen LogP) is 1.83. The van der Waals surface area contributed by atoms with Crippen molar-refractivity contribution in [3.8, 4) is 0 Å². The molecule has 4 heteroatoms. The molecule has 1 N–H and O–H groups in total. The molecule has 1 saturated carbocycles. The molecule has 100 valence electrons. The highest BCUT2D eigenvalue weighted by atomic mass is 16.5. The summed E-state index contributed by atoms with van der Waals surface area (Å²) in [7, 11) is 1.73. The Hall–Kier alpha value is -1.13. The predicted molar refractivity (Wildman–Crippen MR) is 71.6 cm³/mol. The Morgan fingerprint density at radius 2 is 2.33 bits per heavy atom. The molecular formula is C14H22N2O2. The van der Waals surface area contributed by atoms with Crippen LogP contribution < -0.4 is 4.90 Å². The van der Waals surface area contributed by atoms with Gasteiger partial charge in [0.05, 0.1) is 18.9 Å². The van der Waals surface area contributed by atoms with Gasteiger partial charge in [-0.25, -0.2) is 0 Å². The van der Waals surface area contributed by atoms with E-state index in [0.717, 1.165) is 23.8 Å². The van der Waals surface area contributed by atoms with E-state index in [0.29, 0.717) is 12.6 Å². The summed E-state index contributed by atoms with van der Waals surface area (Å²) in [5, 5.41) is 9.17. The normalized spacial score (nSPS) is 16.6. The molecule has 1 aliphatic rings. The molecule has 1 atom stereocenters. The van der Waals surface area contributed by atoms with Crippen LogP contribution in [0, 0.1) is 5.92 Å². The number of methoxy groups -OCH3 is 1. The second kappa shape index (κ2) is 6.16. The minimum atomic E-state index is -0.0102. The van der Waals surface area contributed by atoms with E-state index < -0.39 is 0 Å². The SMILES string of the molecule is COCCN(c1ccnc(CO)c1)C(C)C1CC1. The first kappa shape index (κ1) is 13.3. The minimum absolute atomic E-state index is 0.0102. The fraction of sp³-hybridized carbons (Fsp3) is 0.643. The number of pyridine rings is 1. The average molecular weight is 250 g/mol. The summed E-state index contributed by atoms with van der Waals surface area (Å²) in [4.78, 5) is 6.50. The third kappa shape index (κ3) is 3.21. The lowest BCUT2D eigenvalue weighted by Crippen LogP contribution is -2.37. The number of aliphatic hydroxyl groups excluding tert-OH is 1. The summed E-state index contributed by atoms with van der Waals surface area (Å²) >= 11 is 0. The molecule has 1 fully saturated rings. The number of hydrogen-bond donors (Lipinski definition) is 1. The smallest absolute Gasteiger partial charge is 0.0853 e. The van der Waals surface area contributed by atoms with Crippen LogP contribution in [0.1, 0.15) is 25.5 Å². The van der Waals surface area contributed by atoms with Gasteiger partial charge in [-0.1, -0.05) is 0 Å². The molecule has 1 aliphatic carbocycles. The average Bonchev–Trinajstić information content (AvgIpc) is 3.23. The van der Waals surface area contributed by atoms with Gasteiger partial charge in [0.1, 0.15) is 0 Å². The Morgan fingerprint density at radius 1 is 1.56 bits per heavy atom. The van der Waals surface area contributed by atoms with Crippen LogP contribution in [0.2, 0.25) is 0 Å². The maximum Gasteiger partial charge on any atom is 0.0853 e. The van der Waals surface area contributed by atoms with Gasteiger partial charge in [0.2, 0.25) is 0 Å². The number of nitrogens with zero attached hydrogens (tertiary/aromatic N) is 2. The van der Waals surface area contributed by atoms with Gasteiger partial charge < -0.3 is 14.7 Å². The molecule has 0 amide bonds. The van der Waals surface area contributed by atoms with Crippen molar-refractivity contribution in [2.45, 2.75) is 32.4 Å². The number of rotatable bonds is 7. The third-order valence-corrected chi connectivity index (χ3v) is 3.63. The fourth-order valence-corrected chi connectivity index (χ4v) is 2.32. The molecule has 4 nitrogen and oxygen atoms in total. The van der Waals surface area contributed by atoms with E-state index in [9.17, 15) is 5.11 Å². The highest BCUT2D eigenvalue weighted by Gasteiger charge is 2.32. The summed E-state index contributed by atoms with van der Waals surface area (Å²) in [6, 6.07) is 4.50. The number of aliphatic hydroxyl groups is 1. The first-order chi connectivity index (χ1) is 8.76. The monoisotopic (exact) mass is 250 g/mol.